The molecule has 2 N–H and O–H groups in total. The molecule has 1 spiro atoms. The zero-order valence-electron chi connectivity index (χ0n) is 9.82. The highest BCUT2D eigenvalue weighted by Gasteiger charge is 2.69. The Bertz CT molecular complexity index is 423. The average molecular weight is 236 g/mol. The molecular weight excluding hydrogens is 220 g/mol. The molecule has 5 aliphatic heterocycles. The van der Waals surface area contributed by atoms with Crippen LogP contribution in [0.1, 0.15) is 6.92 Å². The summed E-state index contributed by atoms with van der Waals surface area (Å²) in [5.41, 5.74) is -0.833. The van der Waals surface area contributed by atoms with Crippen molar-refractivity contribution in [1.82, 2.24) is 20.4 Å². The lowest BCUT2D eigenvalue weighted by atomic mass is 9.57. The van der Waals surface area contributed by atoms with E-state index in [1.54, 1.807) is 0 Å². The minimum absolute atomic E-state index is 0.115. The molecule has 3 unspecified atom stereocenters. The molecule has 0 aromatic heterocycles. The number of piperidine rings is 2. The fourth-order valence-corrected chi connectivity index (χ4v) is 4.54. The molecule has 5 rings (SSSR count). The largest absolute Gasteiger partial charge is 0.322 e. The SMILES string of the molecule is CC12CN3CC(CN(C3)C1)C21NC(=O)NC1=O. The van der Waals surface area contributed by atoms with Gasteiger partial charge in [0.2, 0.25) is 0 Å². The van der Waals surface area contributed by atoms with Crippen LogP contribution in [0.4, 0.5) is 4.79 Å². The van der Waals surface area contributed by atoms with Gasteiger partial charge in [0.1, 0.15) is 5.54 Å². The molecule has 3 atom stereocenters. The molecule has 0 radical (unpaired) electrons. The summed E-state index contributed by atoms with van der Waals surface area (Å²) in [7, 11) is 0. The Morgan fingerprint density at radius 2 is 1.88 bits per heavy atom. The zero-order chi connectivity index (χ0) is 11.8. The van der Waals surface area contributed by atoms with Crippen LogP contribution >= 0.6 is 0 Å². The average Bonchev–Trinajstić information content (AvgIpc) is 2.51. The molecular formula is C11H16N4O2. The first kappa shape index (κ1) is 9.85. The monoisotopic (exact) mass is 236 g/mol. The number of amides is 3. The van der Waals surface area contributed by atoms with Crippen LogP contribution in [-0.4, -0.2) is 60.1 Å². The van der Waals surface area contributed by atoms with Crippen LogP contribution in [0.2, 0.25) is 0 Å². The molecule has 5 aliphatic rings. The van der Waals surface area contributed by atoms with Crippen LogP contribution in [0.3, 0.4) is 0 Å². The lowest BCUT2D eigenvalue weighted by molar-refractivity contribution is -0.179. The molecule has 0 saturated carbocycles. The van der Waals surface area contributed by atoms with Crippen LogP contribution in [0.15, 0.2) is 0 Å². The highest BCUT2D eigenvalue weighted by atomic mass is 16.2. The van der Waals surface area contributed by atoms with Crippen LogP contribution in [0.5, 0.6) is 0 Å². The van der Waals surface area contributed by atoms with Crippen molar-refractivity contribution < 1.29 is 9.59 Å². The standard InChI is InChI=1S/C11H16N4O2/c1-10-4-14-2-7(3-15(5-10)6-14)11(10)8(16)12-9(17)13-11/h7H,2-6H2,1H3,(H2,12,13,16,17). The summed E-state index contributed by atoms with van der Waals surface area (Å²) in [4.78, 5) is 28.6. The number of urea groups is 1. The Labute approximate surface area is 99.3 Å². The van der Waals surface area contributed by atoms with Gasteiger partial charge in [-0.3, -0.25) is 19.9 Å². The van der Waals surface area contributed by atoms with Crippen molar-refractivity contribution in [1.29, 1.82) is 0 Å². The van der Waals surface area contributed by atoms with E-state index in [1.165, 1.54) is 0 Å². The highest BCUT2D eigenvalue weighted by molar-refractivity contribution is 6.08. The first-order valence-corrected chi connectivity index (χ1v) is 6.12. The summed E-state index contributed by atoms with van der Waals surface area (Å²) in [5, 5.41) is 5.38. The quantitative estimate of drug-likeness (QED) is 0.518. The van der Waals surface area contributed by atoms with Gasteiger partial charge in [-0.15, -0.1) is 0 Å². The van der Waals surface area contributed by atoms with Gasteiger partial charge < -0.3 is 5.32 Å². The molecule has 17 heavy (non-hydrogen) atoms. The van der Waals surface area contributed by atoms with Crippen molar-refractivity contribution in [3.8, 4) is 0 Å². The number of hydrogen-bond donors (Lipinski definition) is 2. The van der Waals surface area contributed by atoms with Crippen LogP contribution in [0, 0.1) is 11.3 Å². The Morgan fingerprint density at radius 3 is 2.35 bits per heavy atom. The van der Waals surface area contributed by atoms with E-state index < -0.39 is 5.54 Å². The van der Waals surface area contributed by atoms with Gasteiger partial charge >= 0.3 is 6.03 Å². The van der Waals surface area contributed by atoms with E-state index in [0.717, 1.165) is 32.8 Å². The number of carbonyl (C=O) groups is 2. The smallest absolute Gasteiger partial charge is 0.322 e. The van der Waals surface area contributed by atoms with Gasteiger partial charge in [0.15, 0.2) is 0 Å². The maximum atomic E-state index is 12.3. The van der Waals surface area contributed by atoms with Crippen LogP contribution in [-0.2, 0) is 4.79 Å². The van der Waals surface area contributed by atoms with E-state index in [-0.39, 0.29) is 23.3 Å². The summed E-state index contributed by atoms with van der Waals surface area (Å²) in [5.74, 6) is 0.103. The van der Waals surface area contributed by atoms with Crippen molar-refractivity contribution in [2.45, 2.75) is 12.5 Å². The maximum Gasteiger partial charge on any atom is 0.322 e. The molecule has 3 amide bonds. The molecule has 0 aromatic carbocycles. The van der Waals surface area contributed by atoms with E-state index in [1.807, 2.05) is 0 Å². The molecule has 6 nitrogen and oxygen atoms in total. The molecule has 6 heteroatoms. The fraction of sp³-hybridized carbons (Fsp3) is 0.818. The number of hydrogen-bond acceptors (Lipinski definition) is 4. The number of rotatable bonds is 0. The molecule has 5 saturated heterocycles. The molecule has 0 aromatic rings. The van der Waals surface area contributed by atoms with Crippen LogP contribution < -0.4 is 10.6 Å². The summed E-state index contributed by atoms with van der Waals surface area (Å²) < 4.78 is 0. The van der Waals surface area contributed by atoms with Gasteiger partial charge in [-0.25, -0.2) is 4.79 Å². The summed E-state index contributed by atoms with van der Waals surface area (Å²) in [6, 6.07) is -0.325. The first-order chi connectivity index (χ1) is 8.03. The van der Waals surface area contributed by atoms with E-state index >= 15 is 0 Å². The van der Waals surface area contributed by atoms with Crippen LogP contribution in [0.25, 0.3) is 0 Å². The normalized spacial score (nSPS) is 55.2. The molecule has 4 bridgehead atoms. The third-order valence-electron chi connectivity index (χ3n) is 4.96. The second kappa shape index (κ2) is 2.64. The predicted molar refractivity (Wildman–Crippen MR) is 59.0 cm³/mol. The summed E-state index contributed by atoms with van der Waals surface area (Å²) in [6.45, 7) is 6.77. The fourth-order valence-electron chi connectivity index (χ4n) is 4.54. The second-order valence-electron chi connectivity index (χ2n) is 6.14. The summed E-state index contributed by atoms with van der Waals surface area (Å²) in [6.07, 6.45) is 0. The third kappa shape index (κ3) is 0.950. The first-order valence-electron chi connectivity index (χ1n) is 6.12. The topological polar surface area (TPSA) is 64.7 Å². The Morgan fingerprint density at radius 1 is 1.24 bits per heavy atom. The Balaban J connectivity index is 1.85. The lowest BCUT2D eigenvalue weighted by Crippen LogP contribution is -2.82. The van der Waals surface area contributed by atoms with Gasteiger partial charge in [-0.05, 0) is 0 Å². The minimum atomic E-state index is -0.669. The van der Waals surface area contributed by atoms with Gasteiger partial charge in [0.25, 0.3) is 5.91 Å². The zero-order valence-corrected chi connectivity index (χ0v) is 9.82. The lowest BCUT2D eigenvalue weighted by Gasteiger charge is -2.65. The molecule has 0 aliphatic carbocycles. The van der Waals surface area contributed by atoms with E-state index in [2.05, 4.69) is 27.4 Å². The van der Waals surface area contributed by atoms with E-state index in [9.17, 15) is 9.59 Å². The number of imide groups is 1. The molecule has 5 fully saturated rings. The van der Waals surface area contributed by atoms with E-state index in [0.29, 0.717) is 0 Å². The Kier molecular flexibility index (Phi) is 1.53. The van der Waals surface area contributed by atoms with Gasteiger partial charge in [0.05, 0.1) is 6.67 Å². The van der Waals surface area contributed by atoms with Gasteiger partial charge in [-0.2, -0.15) is 0 Å². The number of nitrogens with zero attached hydrogens (tertiary/aromatic N) is 2. The van der Waals surface area contributed by atoms with Gasteiger partial charge in [0, 0.05) is 37.5 Å². The maximum absolute atomic E-state index is 12.3. The number of carbonyl (C=O) groups excluding carboxylic acids is 2. The van der Waals surface area contributed by atoms with E-state index in [4.69, 9.17) is 0 Å². The second-order valence-corrected chi connectivity index (χ2v) is 6.14. The summed E-state index contributed by atoms with van der Waals surface area (Å²) >= 11 is 0. The Hall–Kier alpha value is -1.14. The molecule has 92 valence electrons. The third-order valence-corrected chi connectivity index (χ3v) is 4.96. The van der Waals surface area contributed by atoms with Crippen molar-refractivity contribution in [3.63, 3.8) is 0 Å². The minimum Gasteiger partial charge on any atom is -0.322 e. The van der Waals surface area contributed by atoms with Crippen molar-refractivity contribution in [2.75, 3.05) is 32.8 Å². The number of nitrogens with one attached hydrogen (secondary N) is 2. The van der Waals surface area contributed by atoms with Crippen molar-refractivity contribution in [2.24, 2.45) is 11.3 Å². The van der Waals surface area contributed by atoms with Gasteiger partial charge in [-0.1, -0.05) is 6.92 Å². The predicted octanol–water partition coefficient (Wildman–Crippen LogP) is -1.21. The highest BCUT2D eigenvalue weighted by Crippen LogP contribution is 2.50. The molecule has 5 heterocycles. The van der Waals surface area contributed by atoms with Crippen molar-refractivity contribution in [3.05, 3.63) is 0 Å². The van der Waals surface area contributed by atoms with Crippen molar-refractivity contribution >= 4 is 11.9 Å².